The zero-order valence-electron chi connectivity index (χ0n) is 15.1. The second-order valence-electron chi connectivity index (χ2n) is 6.59. The van der Waals surface area contributed by atoms with E-state index in [9.17, 15) is 18.0 Å². The lowest BCUT2D eigenvalue weighted by Gasteiger charge is -2.44. The van der Waals surface area contributed by atoms with E-state index >= 15 is 0 Å². The molecular formula is C17H24N4O4S2. The molecule has 2 heterocycles. The van der Waals surface area contributed by atoms with E-state index in [1.165, 1.54) is 12.1 Å². The SMILES string of the molecule is CSCC[C@@H](NS(=O)(=O)c1ccccc1)C(=O)N1CC(N2CCNC2=O)C1. The van der Waals surface area contributed by atoms with E-state index in [2.05, 4.69) is 10.0 Å². The molecule has 2 N–H and O–H groups in total. The molecule has 1 aromatic carbocycles. The highest BCUT2D eigenvalue weighted by Gasteiger charge is 2.41. The number of rotatable bonds is 8. The molecule has 3 rings (SSSR count). The predicted octanol–water partition coefficient (Wildman–Crippen LogP) is 0.323. The van der Waals surface area contributed by atoms with Crippen LogP contribution in [0.3, 0.4) is 0 Å². The van der Waals surface area contributed by atoms with Gasteiger partial charge in [-0.15, -0.1) is 0 Å². The van der Waals surface area contributed by atoms with Crippen molar-refractivity contribution in [2.45, 2.75) is 23.4 Å². The van der Waals surface area contributed by atoms with Gasteiger partial charge >= 0.3 is 6.03 Å². The monoisotopic (exact) mass is 412 g/mol. The Morgan fingerprint density at radius 3 is 2.63 bits per heavy atom. The number of sulfonamides is 1. The zero-order chi connectivity index (χ0) is 19.4. The number of hydrogen-bond acceptors (Lipinski definition) is 5. The van der Waals surface area contributed by atoms with E-state index in [-0.39, 0.29) is 22.9 Å². The molecule has 0 spiro atoms. The van der Waals surface area contributed by atoms with Crippen molar-refractivity contribution in [2.75, 3.05) is 38.2 Å². The fourth-order valence-corrected chi connectivity index (χ4v) is 4.93. The second-order valence-corrected chi connectivity index (χ2v) is 9.29. The summed E-state index contributed by atoms with van der Waals surface area (Å²) in [6.07, 6.45) is 2.33. The lowest BCUT2D eigenvalue weighted by atomic mass is 10.1. The van der Waals surface area contributed by atoms with Crippen molar-refractivity contribution in [1.82, 2.24) is 19.8 Å². The van der Waals surface area contributed by atoms with Crippen LogP contribution in [-0.4, -0.2) is 80.4 Å². The van der Waals surface area contributed by atoms with Gasteiger partial charge in [-0.3, -0.25) is 4.79 Å². The third-order valence-electron chi connectivity index (χ3n) is 4.76. The summed E-state index contributed by atoms with van der Waals surface area (Å²) in [6.45, 7) is 2.14. The summed E-state index contributed by atoms with van der Waals surface area (Å²) in [4.78, 5) is 28.1. The van der Waals surface area contributed by atoms with Crippen LogP contribution in [-0.2, 0) is 14.8 Å². The van der Waals surface area contributed by atoms with Gasteiger partial charge in [-0.1, -0.05) is 18.2 Å². The summed E-state index contributed by atoms with van der Waals surface area (Å²) in [5.74, 6) is 0.430. The van der Waals surface area contributed by atoms with E-state index in [0.717, 1.165) is 0 Å². The van der Waals surface area contributed by atoms with Gasteiger partial charge < -0.3 is 15.1 Å². The van der Waals surface area contributed by atoms with Crippen molar-refractivity contribution >= 4 is 33.7 Å². The molecule has 0 unspecified atom stereocenters. The molecule has 0 saturated carbocycles. The number of carbonyl (C=O) groups is 2. The smallest absolute Gasteiger partial charge is 0.317 e. The molecule has 10 heteroatoms. The van der Waals surface area contributed by atoms with E-state index < -0.39 is 16.1 Å². The van der Waals surface area contributed by atoms with Crippen molar-refractivity contribution in [3.05, 3.63) is 30.3 Å². The number of thioether (sulfide) groups is 1. The highest BCUT2D eigenvalue weighted by atomic mass is 32.2. The molecule has 0 aliphatic carbocycles. The first-order valence-corrected chi connectivity index (χ1v) is 11.7. The number of nitrogens with zero attached hydrogens (tertiary/aromatic N) is 2. The predicted molar refractivity (Wildman–Crippen MR) is 104 cm³/mol. The average Bonchev–Trinajstić information content (AvgIpc) is 3.03. The lowest BCUT2D eigenvalue weighted by molar-refractivity contribution is -0.139. The van der Waals surface area contributed by atoms with E-state index in [0.29, 0.717) is 38.4 Å². The van der Waals surface area contributed by atoms with Gasteiger partial charge in [0, 0.05) is 26.2 Å². The number of likely N-dealkylation sites (tertiary alicyclic amines) is 1. The van der Waals surface area contributed by atoms with Crippen molar-refractivity contribution < 1.29 is 18.0 Å². The van der Waals surface area contributed by atoms with E-state index in [1.54, 1.807) is 39.8 Å². The van der Waals surface area contributed by atoms with Crippen LogP contribution in [0.2, 0.25) is 0 Å². The van der Waals surface area contributed by atoms with Crippen LogP contribution in [0.4, 0.5) is 4.79 Å². The van der Waals surface area contributed by atoms with Gasteiger partial charge in [0.25, 0.3) is 0 Å². The fourth-order valence-electron chi connectivity index (χ4n) is 3.21. The maximum Gasteiger partial charge on any atom is 0.317 e. The molecule has 2 aliphatic rings. The molecule has 2 saturated heterocycles. The first-order valence-electron chi connectivity index (χ1n) is 8.82. The van der Waals surface area contributed by atoms with Crippen molar-refractivity contribution in [3.8, 4) is 0 Å². The van der Waals surface area contributed by atoms with Gasteiger partial charge in [0.2, 0.25) is 15.9 Å². The van der Waals surface area contributed by atoms with Gasteiger partial charge in [-0.2, -0.15) is 16.5 Å². The number of hydrogen-bond donors (Lipinski definition) is 2. The van der Waals surface area contributed by atoms with Crippen molar-refractivity contribution in [1.29, 1.82) is 0 Å². The average molecular weight is 413 g/mol. The summed E-state index contributed by atoms with van der Waals surface area (Å²) in [5.41, 5.74) is 0. The largest absolute Gasteiger partial charge is 0.337 e. The molecule has 2 aliphatic heterocycles. The van der Waals surface area contributed by atoms with Crippen LogP contribution in [0.25, 0.3) is 0 Å². The quantitative estimate of drug-likeness (QED) is 0.641. The number of benzene rings is 1. The first kappa shape index (κ1) is 20.0. The number of urea groups is 1. The van der Waals surface area contributed by atoms with Gasteiger partial charge in [-0.05, 0) is 30.6 Å². The molecule has 0 aromatic heterocycles. The maximum atomic E-state index is 12.9. The highest BCUT2D eigenvalue weighted by molar-refractivity contribution is 7.98. The normalized spacial score (nSPS) is 18.9. The Morgan fingerprint density at radius 2 is 2.04 bits per heavy atom. The molecular weight excluding hydrogens is 388 g/mol. The van der Waals surface area contributed by atoms with Gasteiger partial charge in [0.15, 0.2) is 0 Å². The van der Waals surface area contributed by atoms with E-state index in [1.807, 2.05) is 6.26 Å². The van der Waals surface area contributed by atoms with Crippen LogP contribution in [0.5, 0.6) is 0 Å². The van der Waals surface area contributed by atoms with Crippen LogP contribution in [0.15, 0.2) is 35.2 Å². The van der Waals surface area contributed by atoms with Gasteiger partial charge in [-0.25, -0.2) is 13.2 Å². The minimum atomic E-state index is -3.77. The number of amides is 3. The van der Waals surface area contributed by atoms with Crippen LogP contribution in [0, 0.1) is 0 Å². The third-order valence-corrected chi connectivity index (χ3v) is 6.90. The zero-order valence-corrected chi connectivity index (χ0v) is 16.8. The van der Waals surface area contributed by atoms with Gasteiger partial charge in [0.1, 0.15) is 6.04 Å². The van der Waals surface area contributed by atoms with Crippen LogP contribution < -0.4 is 10.0 Å². The molecule has 0 bridgehead atoms. The molecule has 0 radical (unpaired) electrons. The van der Waals surface area contributed by atoms with Gasteiger partial charge in [0.05, 0.1) is 10.9 Å². The number of carbonyl (C=O) groups excluding carboxylic acids is 2. The lowest BCUT2D eigenvalue weighted by Crippen LogP contribution is -2.64. The van der Waals surface area contributed by atoms with Crippen molar-refractivity contribution in [2.24, 2.45) is 0 Å². The minimum absolute atomic E-state index is 0.00313. The second kappa shape index (κ2) is 8.49. The Kier molecular flexibility index (Phi) is 6.28. The minimum Gasteiger partial charge on any atom is -0.337 e. The summed E-state index contributed by atoms with van der Waals surface area (Å²) >= 11 is 1.56. The summed E-state index contributed by atoms with van der Waals surface area (Å²) in [7, 11) is -3.77. The maximum absolute atomic E-state index is 12.9. The Labute approximate surface area is 163 Å². The Bertz CT molecular complexity index is 781. The standard InChI is InChI=1S/C17H24N4O4S2/c1-26-10-7-15(19-27(24,25)14-5-3-2-4-6-14)16(22)20-11-13(12-20)21-9-8-18-17(21)23/h2-6,13,15,19H,7-12H2,1H3,(H,18,23)/t15-/m1/s1. The van der Waals surface area contributed by atoms with Crippen LogP contribution in [0.1, 0.15) is 6.42 Å². The van der Waals surface area contributed by atoms with Crippen molar-refractivity contribution in [3.63, 3.8) is 0 Å². The summed E-state index contributed by atoms with van der Waals surface area (Å²) < 4.78 is 27.8. The molecule has 2 fully saturated rings. The Balaban J connectivity index is 1.64. The number of nitrogens with one attached hydrogen (secondary N) is 2. The molecule has 148 valence electrons. The summed E-state index contributed by atoms with van der Waals surface area (Å²) in [6, 6.07) is 7.14. The topological polar surface area (TPSA) is 98.8 Å². The Morgan fingerprint density at radius 1 is 1.33 bits per heavy atom. The third kappa shape index (κ3) is 4.56. The molecule has 1 atom stereocenters. The Hall–Kier alpha value is -1.78. The molecule has 27 heavy (non-hydrogen) atoms. The highest BCUT2D eigenvalue weighted by Crippen LogP contribution is 2.20. The molecule has 8 nitrogen and oxygen atoms in total. The van der Waals surface area contributed by atoms with Crippen LogP contribution >= 0.6 is 11.8 Å². The molecule has 1 aromatic rings. The van der Waals surface area contributed by atoms with E-state index in [4.69, 9.17) is 0 Å². The fraction of sp³-hybridized carbons (Fsp3) is 0.529. The summed E-state index contributed by atoms with van der Waals surface area (Å²) in [5, 5.41) is 2.75. The molecule has 3 amide bonds. The first-order chi connectivity index (χ1) is 12.9.